The smallest absolute Gasteiger partial charge is 0.265 e. The van der Waals surface area contributed by atoms with Crippen LogP contribution < -0.4 is 29.9 Å². The molecule has 234 valence electrons. The summed E-state index contributed by atoms with van der Waals surface area (Å²) < 4.78 is 22.5. The molecule has 0 bridgehead atoms. The lowest BCUT2D eigenvalue weighted by atomic mass is 9.95. The second-order valence-corrected chi connectivity index (χ2v) is 11.1. The molecule has 2 aliphatic rings. The van der Waals surface area contributed by atoms with Crippen molar-refractivity contribution in [3.05, 3.63) is 53.7 Å². The third-order valence-electron chi connectivity index (χ3n) is 8.19. The van der Waals surface area contributed by atoms with Gasteiger partial charge >= 0.3 is 0 Å². The Morgan fingerprint density at radius 1 is 1.07 bits per heavy atom. The lowest BCUT2D eigenvalue weighted by molar-refractivity contribution is 0.0777. The number of nitriles is 1. The highest BCUT2D eigenvalue weighted by atomic mass is 16.5. The molecule has 0 spiro atoms. The molecule has 11 nitrogen and oxygen atoms in total. The molecular formula is C33H42N6O5. The number of benzene rings is 2. The fraction of sp³-hybridized carbons (Fsp3) is 0.485. The fourth-order valence-corrected chi connectivity index (χ4v) is 5.80. The molecule has 1 aromatic heterocycles. The van der Waals surface area contributed by atoms with Crippen LogP contribution in [0, 0.1) is 17.2 Å². The number of nitrogens with zero attached hydrogens (tertiary/aromatic N) is 4. The largest absolute Gasteiger partial charge is 0.493 e. The first-order chi connectivity index (χ1) is 21.6. The maximum absolute atomic E-state index is 12.9. The number of fused-ring (bicyclic) bond motifs is 1. The Hall–Kier alpha value is -4.11. The number of piperidine rings is 1. The Labute approximate surface area is 259 Å². The summed E-state index contributed by atoms with van der Waals surface area (Å²) in [7, 11) is 3.26. The van der Waals surface area contributed by atoms with E-state index >= 15 is 0 Å². The van der Waals surface area contributed by atoms with Gasteiger partial charge in [0.05, 0.1) is 37.1 Å². The Kier molecular flexibility index (Phi) is 11.1. The number of hydrazine groups is 1. The fourth-order valence-electron chi connectivity index (χ4n) is 5.80. The first-order valence-electron chi connectivity index (χ1n) is 15.4. The van der Waals surface area contributed by atoms with E-state index in [1.807, 2.05) is 17.1 Å². The molecule has 3 heterocycles. The van der Waals surface area contributed by atoms with Gasteiger partial charge < -0.3 is 29.2 Å². The van der Waals surface area contributed by atoms with Crippen molar-refractivity contribution in [1.82, 2.24) is 20.7 Å². The van der Waals surface area contributed by atoms with Crippen LogP contribution in [0.2, 0.25) is 0 Å². The van der Waals surface area contributed by atoms with E-state index in [0.717, 1.165) is 42.5 Å². The standard InChI is InChI=1S/C33H42N6O5/c1-41-17-18-43-27-9-7-25(8-10-27)33(40)37-39-14-12-38(13-15-39)32-26(21-34)23-36-29-20-31(30(42-2)19-28(29)32)44-16-4-6-24-5-3-11-35-22-24/h7-10,19-20,23-24,35H,3-6,11-18,22H2,1-2H3,(H,37,40). The Bertz CT molecular complexity index is 1430. The van der Waals surface area contributed by atoms with Crippen LogP contribution in [-0.2, 0) is 4.74 Å². The summed E-state index contributed by atoms with van der Waals surface area (Å²) in [4.78, 5) is 19.6. The van der Waals surface area contributed by atoms with Gasteiger partial charge in [-0.05, 0) is 75.0 Å². The monoisotopic (exact) mass is 602 g/mol. The van der Waals surface area contributed by atoms with E-state index in [1.165, 1.54) is 12.8 Å². The predicted octanol–water partition coefficient (Wildman–Crippen LogP) is 3.77. The number of piperazine rings is 1. The number of carbonyl (C=O) groups is 1. The van der Waals surface area contributed by atoms with Gasteiger partial charge in [0, 0.05) is 56.5 Å². The van der Waals surface area contributed by atoms with Crippen molar-refractivity contribution in [2.24, 2.45) is 5.92 Å². The molecule has 2 N–H and O–H groups in total. The second kappa shape index (κ2) is 15.6. The number of amides is 1. The van der Waals surface area contributed by atoms with Gasteiger partial charge in [-0.1, -0.05) is 0 Å². The van der Waals surface area contributed by atoms with Crippen LogP contribution in [0.5, 0.6) is 17.2 Å². The van der Waals surface area contributed by atoms with Crippen LogP contribution in [0.3, 0.4) is 0 Å². The maximum Gasteiger partial charge on any atom is 0.265 e. The van der Waals surface area contributed by atoms with Crippen molar-refractivity contribution in [2.75, 3.05) is 78.2 Å². The zero-order chi connectivity index (χ0) is 30.7. The molecule has 2 aromatic carbocycles. The highest BCUT2D eigenvalue weighted by molar-refractivity contribution is 5.97. The molecule has 2 fully saturated rings. The Morgan fingerprint density at radius 2 is 1.89 bits per heavy atom. The lowest BCUT2D eigenvalue weighted by Gasteiger charge is -2.36. The number of anilines is 1. The molecule has 1 unspecified atom stereocenters. The molecule has 0 saturated carbocycles. The topological polar surface area (TPSA) is 121 Å². The van der Waals surface area contributed by atoms with Gasteiger partial charge in [0.15, 0.2) is 11.5 Å². The number of hydrogen-bond donors (Lipinski definition) is 2. The number of aromatic nitrogens is 1. The van der Waals surface area contributed by atoms with Gasteiger partial charge in [0.25, 0.3) is 5.91 Å². The molecule has 5 rings (SSSR count). The number of rotatable bonds is 13. The van der Waals surface area contributed by atoms with Crippen LogP contribution >= 0.6 is 0 Å². The number of ether oxygens (including phenoxy) is 4. The molecule has 3 aromatic rings. The van der Waals surface area contributed by atoms with Gasteiger partial charge in [-0.3, -0.25) is 15.2 Å². The normalized spacial score (nSPS) is 17.2. The van der Waals surface area contributed by atoms with Crippen LogP contribution in [0.15, 0.2) is 42.6 Å². The SMILES string of the molecule is COCCOc1ccc(C(=O)NN2CCN(c3c(C#N)cnc4cc(OCCCC5CCCNC5)c(OC)cc34)CC2)cc1. The van der Waals surface area contributed by atoms with E-state index in [9.17, 15) is 10.1 Å². The summed E-state index contributed by atoms with van der Waals surface area (Å²) in [5.41, 5.74) is 5.62. The van der Waals surface area contributed by atoms with Crippen molar-refractivity contribution in [2.45, 2.75) is 25.7 Å². The van der Waals surface area contributed by atoms with Crippen LogP contribution in [-0.4, -0.2) is 89.2 Å². The summed E-state index contributed by atoms with van der Waals surface area (Å²) in [6.07, 6.45) is 6.27. The minimum atomic E-state index is -0.179. The molecule has 11 heteroatoms. The number of carbonyl (C=O) groups excluding carboxylic acids is 1. The predicted molar refractivity (Wildman–Crippen MR) is 168 cm³/mol. The summed E-state index contributed by atoms with van der Waals surface area (Å²) in [6, 6.07) is 13.2. The molecule has 1 amide bonds. The zero-order valence-electron chi connectivity index (χ0n) is 25.6. The molecule has 2 aliphatic heterocycles. The van der Waals surface area contributed by atoms with Gasteiger partial charge in [0.2, 0.25) is 0 Å². The van der Waals surface area contributed by atoms with Crippen molar-refractivity contribution in [3.8, 4) is 23.3 Å². The molecule has 1 atom stereocenters. The summed E-state index contributed by atoms with van der Waals surface area (Å²) >= 11 is 0. The average molecular weight is 603 g/mol. The van der Waals surface area contributed by atoms with E-state index in [-0.39, 0.29) is 5.91 Å². The molecular weight excluding hydrogens is 560 g/mol. The van der Waals surface area contributed by atoms with E-state index < -0.39 is 0 Å². The van der Waals surface area contributed by atoms with Crippen molar-refractivity contribution >= 4 is 22.5 Å². The second-order valence-electron chi connectivity index (χ2n) is 11.1. The third-order valence-corrected chi connectivity index (χ3v) is 8.19. The summed E-state index contributed by atoms with van der Waals surface area (Å²) in [5, 5.41) is 16.2. The Balaban J connectivity index is 1.21. The number of pyridine rings is 1. The minimum Gasteiger partial charge on any atom is -0.493 e. The molecule has 44 heavy (non-hydrogen) atoms. The van der Waals surface area contributed by atoms with Gasteiger partial charge in [-0.2, -0.15) is 5.26 Å². The van der Waals surface area contributed by atoms with Gasteiger partial charge in [-0.25, -0.2) is 5.01 Å². The molecule has 2 saturated heterocycles. The highest BCUT2D eigenvalue weighted by Crippen LogP contribution is 2.38. The van der Waals surface area contributed by atoms with E-state index in [1.54, 1.807) is 44.7 Å². The first kappa shape index (κ1) is 31.3. The van der Waals surface area contributed by atoms with Crippen LogP contribution in [0.25, 0.3) is 10.9 Å². The van der Waals surface area contributed by atoms with E-state index in [4.69, 9.17) is 18.9 Å². The first-order valence-corrected chi connectivity index (χ1v) is 15.4. The molecule has 0 radical (unpaired) electrons. The highest BCUT2D eigenvalue weighted by Gasteiger charge is 2.24. The third kappa shape index (κ3) is 7.88. The van der Waals surface area contributed by atoms with E-state index in [2.05, 4.69) is 26.7 Å². The van der Waals surface area contributed by atoms with Crippen LogP contribution in [0.4, 0.5) is 5.69 Å². The van der Waals surface area contributed by atoms with Crippen molar-refractivity contribution in [1.29, 1.82) is 5.26 Å². The average Bonchev–Trinajstić information content (AvgIpc) is 3.07. The number of hydrogen-bond acceptors (Lipinski definition) is 10. The zero-order valence-corrected chi connectivity index (χ0v) is 25.6. The van der Waals surface area contributed by atoms with Crippen molar-refractivity contribution in [3.63, 3.8) is 0 Å². The van der Waals surface area contributed by atoms with Crippen LogP contribution in [0.1, 0.15) is 41.6 Å². The number of nitrogens with one attached hydrogen (secondary N) is 2. The van der Waals surface area contributed by atoms with E-state index in [0.29, 0.717) is 80.3 Å². The quantitative estimate of drug-likeness (QED) is 0.280. The maximum atomic E-state index is 12.9. The van der Waals surface area contributed by atoms with Gasteiger partial charge in [0.1, 0.15) is 18.4 Å². The molecule has 0 aliphatic carbocycles. The van der Waals surface area contributed by atoms with Crippen molar-refractivity contribution < 1.29 is 23.7 Å². The lowest BCUT2D eigenvalue weighted by Crippen LogP contribution is -2.53. The summed E-state index contributed by atoms with van der Waals surface area (Å²) in [6.45, 7) is 6.20. The number of methoxy groups -OCH3 is 2. The minimum absolute atomic E-state index is 0.179. The summed E-state index contributed by atoms with van der Waals surface area (Å²) in [5.74, 6) is 2.50. The van der Waals surface area contributed by atoms with Gasteiger partial charge in [-0.15, -0.1) is 0 Å². The Morgan fingerprint density at radius 3 is 2.59 bits per heavy atom.